The van der Waals surface area contributed by atoms with Crippen LogP contribution >= 0.6 is 0 Å². The lowest BCUT2D eigenvalue weighted by atomic mass is 10.2. The van der Waals surface area contributed by atoms with E-state index in [1.165, 1.54) is 25.9 Å². The smallest absolute Gasteiger partial charge is 0.119 e. The molecule has 1 heterocycles. The normalized spacial score (nSPS) is 19.7. The maximum atomic E-state index is 5.67. The summed E-state index contributed by atoms with van der Waals surface area (Å²) in [6.45, 7) is 7.68. The highest BCUT2D eigenvalue weighted by Gasteiger charge is 2.21. The number of para-hydroxylation sites is 1. The van der Waals surface area contributed by atoms with E-state index in [-0.39, 0.29) is 0 Å². The van der Waals surface area contributed by atoms with Crippen molar-refractivity contribution in [3.05, 3.63) is 30.3 Å². The predicted octanol–water partition coefficient (Wildman–Crippen LogP) is 2.53. The average molecular weight is 262 g/mol. The molecule has 1 fully saturated rings. The molecule has 1 aromatic carbocycles. The molecule has 0 radical (unpaired) electrons. The van der Waals surface area contributed by atoms with E-state index in [2.05, 4.69) is 17.1 Å². The summed E-state index contributed by atoms with van der Waals surface area (Å²) in [6.07, 6.45) is 3.77. The molecule has 1 aliphatic heterocycles. The Kier molecular flexibility index (Phi) is 6.18. The van der Waals surface area contributed by atoms with Crippen molar-refractivity contribution in [3.63, 3.8) is 0 Å². The summed E-state index contributed by atoms with van der Waals surface area (Å²) in [4.78, 5) is 2.58. The molecule has 0 saturated carbocycles. The highest BCUT2D eigenvalue weighted by molar-refractivity contribution is 5.20. The third kappa shape index (κ3) is 4.84. The second-order valence-corrected chi connectivity index (χ2v) is 5.14. The number of hydrogen-bond donors (Lipinski definition) is 1. The molecule has 106 valence electrons. The molecule has 1 atom stereocenters. The van der Waals surface area contributed by atoms with Crippen LogP contribution in [0.3, 0.4) is 0 Å². The van der Waals surface area contributed by atoms with Crippen molar-refractivity contribution in [1.29, 1.82) is 0 Å². The molecule has 3 heteroatoms. The van der Waals surface area contributed by atoms with Gasteiger partial charge >= 0.3 is 0 Å². The number of benzene rings is 1. The lowest BCUT2D eigenvalue weighted by Gasteiger charge is -2.22. The van der Waals surface area contributed by atoms with Gasteiger partial charge in [0.1, 0.15) is 5.75 Å². The highest BCUT2D eigenvalue weighted by atomic mass is 16.5. The lowest BCUT2D eigenvalue weighted by Crippen LogP contribution is -2.38. The van der Waals surface area contributed by atoms with E-state index < -0.39 is 0 Å². The SMILES string of the molecule is CCN1CCCC1CNCCCOc1ccccc1. The Morgan fingerprint density at radius 2 is 2.16 bits per heavy atom. The van der Waals surface area contributed by atoms with Crippen LogP contribution in [0.1, 0.15) is 26.2 Å². The molecule has 1 N–H and O–H groups in total. The van der Waals surface area contributed by atoms with Crippen molar-refractivity contribution in [2.45, 2.75) is 32.2 Å². The van der Waals surface area contributed by atoms with Crippen LogP contribution < -0.4 is 10.1 Å². The van der Waals surface area contributed by atoms with E-state index in [0.29, 0.717) is 0 Å². The lowest BCUT2D eigenvalue weighted by molar-refractivity contribution is 0.256. The summed E-state index contributed by atoms with van der Waals surface area (Å²) < 4.78 is 5.67. The molecule has 0 aromatic heterocycles. The standard InChI is InChI=1S/C16H26N2O/c1-2-18-12-6-8-15(18)14-17-11-7-13-19-16-9-4-3-5-10-16/h3-5,9-10,15,17H,2,6-8,11-14H2,1H3. The van der Waals surface area contributed by atoms with Gasteiger partial charge in [0.25, 0.3) is 0 Å². The molecule has 1 saturated heterocycles. The van der Waals surface area contributed by atoms with Crippen LogP contribution in [0.2, 0.25) is 0 Å². The number of nitrogens with one attached hydrogen (secondary N) is 1. The second kappa shape index (κ2) is 8.18. The monoisotopic (exact) mass is 262 g/mol. The Hall–Kier alpha value is -1.06. The molecule has 0 aliphatic carbocycles. The van der Waals surface area contributed by atoms with Gasteiger partial charge in [0.05, 0.1) is 6.61 Å². The minimum Gasteiger partial charge on any atom is -0.494 e. The zero-order chi connectivity index (χ0) is 13.3. The molecule has 0 amide bonds. The van der Waals surface area contributed by atoms with Crippen molar-refractivity contribution >= 4 is 0 Å². The molecule has 0 bridgehead atoms. The van der Waals surface area contributed by atoms with Crippen LogP contribution in [0.5, 0.6) is 5.75 Å². The van der Waals surface area contributed by atoms with Crippen molar-refractivity contribution < 1.29 is 4.74 Å². The fourth-order valence-corrected chi connectivity index (χ4v) is 2.72. The Balaban J connectivity index is 1.50. The van der Waals surface area contributed by atoms with E-state index in [4.69, 9.17) is 4.74 Å². The second-order valence-electron chi connectivity index (χ2n) is 5.14. The first-order valence-electron chi connectivity index (χ1n) is 7.52. The Bertz CT molecular complexity index is 342. The van der Waals surface area contributed by atoms with E-state index in [9.17, 15) is 0 Å². The van der Waals surface area contributed by atoms with Gasteiger partial charge in [-0.2, -0.15) is 0 Å². The van der Waals surface area contributed by atoms with Crippen molar-refractivity contribution in [1.82, 2.24) is 10.2 Å². The zero-order valence-corrected chi connectivity index (χ0v) is 12.0. The first-order valence-corrected chi connectivity index (χ1v) is 7.52. The zero-order valence-electron chi connectivity index (χ0n) is 12.0. The quantitative estimate of drug-likeness (QED) is 0.729. The fraction of sp³-hybridized carbons (Fsp3) is 0.625. The van der Waals surface area contributed by atoms with Crippen molar-refractivity contribution in [3.8, 4) is 5.75 Å². The van der Waals surface area contributed by atoms with Crippen LogP contribution in [-0.4, -0.2) is 43.7 Å². The van der Waals surface area contributed by atoms with Gasteiger partial charge in [-0.3, -0.25) is 4.90 Å². The van der Waals surface area contributed by atoms with Crippen molar-refractivity contribution in [2.75, 3.05) is 32.8 Å². The van der Waals surface area contributed by atoms with Gasteiger partial charge in [-0.1, -0.05) is 25.1 Å². The van der Waals surface area contributed by atoms with Gasteiger partial charge < -0.3 is 10.1 Å². The summed E-state index contributed by atoms with van der Waals surface area (Å²) in [7, 11) is 0. The largest absolute Gasteiger partial charge is 0.494 e. The maximum Gasteiger partial charge on any atom is 0.119 e. The number of rotatable bonds is 8. The predicted molar refractivity (Wildman–Crippen MR) is 79.7 cm³/mol. The third-order valence-electron chi connectivity index (χ3n) is 3.80. The van der Waals surface area contributed by atoms with Crippen LogP contribution in [-0.2, 0) is 0 Å². The minimum absolute atomic E-state index is 0.750. The minimum atomic E-state index is 0.750. The molecule has 1 unspecified atom stereocenters. The van der Waals surface area contributed by atoms with Crippen LogP contribution in [0.25, 0.3) is 0 Å². The van der Waals surface area contributed by atoms with E-state index in [0.717, 1.165) is 37.9 Å². The van der Waals surface area contributed by atoms with E-state index in [1.54, 1.807) is 0 Å². The molecular weight excluding hydrogens is 236 g/mol. The van der Waals surface area contributed by atoms with Crippen LogP contribution in [0, 0.1) is 0 Å². The molecule has 19 heavy (non-hydrogen) atoms. The maximum absolute atomic E-state index is 5.67. The molecular formula is C16H26N2O. The van der Waals surface area contributed by atoms with Gasteiger partial charge in [-0.15, -0.1) is 0 Å². The molecule has 1 aromatic rings. The van der Waals surface area contributed by atoms with E-state index in [1.807, 2.05) is 30.3 Å². The van der Waals surface area contributed by atoms with Crippen molar-refractivity contribution in [2.24, 2.45) is 0 Å². The molecule has 3 nitrogen and oxygen atoms in total. The summed E-state index contributed by atoms with van der Waals surface area (Å²) in [5.74, 6) is 0.968. The third-order valence-corrected chi connectivity index (χ3v) is 3.80. The average Bonchev–Trinajstić information content (AvgIpc) is 2.91. The number of likely N-dealkylation sites (N-methyl/N-ethyl adjacent to an activating group) is 1. The Morgan fingerprint density at radius 3 is 2.95 bits per heavy atom. The number of ether oxygens (including phenoxy) is 1. The number of nitrogens with zero attached hydrogens (tertiary/aromatic N) is 1. The fourth-order valence-electron chi connectivity index (χ4n) is 2.72. The topological polar surface area (TPSA) is 24.5 Å². The van der Waals surface area contributed by atoms with Gasteiger partial charge in [-0.25, -0.2) is 0 Å². The van der Waals surface area contributed by atoms with Gasteiger partial charge in [0, 0.05) is 12.6 Å². The van der Waals surface area contributed by atoms with Gasteiger partial charge in [0.2, 0.25) is 0 Å². The molecule has 1 aliphatic rings. The summed E-state index contributed by atoms with van der Waals surface area (Å²) in [6, 6.07) is 10.8. The summed E-state index contributed by atoms with van der Waals surface area (Å²) in [5.41, 5.74) is 0. The first-order chi connectivity index (χ1) is 9.40. The molecule has 0 spiro atoms. The number of hydrogen-bond acceptors (Lipinski definition) is 3. The summed E-state index contributed by atoms with van der Waals surface area (Å²) in [5, 5.41) is 3.56. The van der Waals surface area contributed by atoms with Gasteiger partial charge in [0.15, 0.2) is 0 Å². The van der Waals surface area contributed by atoms with E-state index >= 15 is 0 Å². The first kappa shape index (κ1) is 14.4. The highest BCUT2D eigenvalue weighted by Crippen LogP contribution is 2.15. The molecule has 2 rings (SSSR count). The van der Waals surface area contributed by atoms with Crippen LogP contribution in [0.4, 0.5) is 0 Å². The number of likely N-dealkylation sites (tertiary alicyclic amines) is 1. The van der Waals surface area contributed by atoms with Gasteiger partial charge in [-0.05, 0) is 51.0 Å². The Labute approximate surface area is 116 Å². The Morgan fingerprint density at radius 1 is 1.32 bits per heavy atom. The van der Waals surface area contributed by atoms with Crippen LogP contribution in [0.15, 0.2) is 30.3 Å². The summed E-state index contributed by atoms with van der Waals surface area (Å²) >= 11 is 0.